The summed E-state index contributed by atoms with van der Waals surface area (Å²) in [6, 6.07) is 9.83. The van der Waals surface area contributed by atoms with Crippen molar-refractivity contribution in [1.82, 2.24) is 4.98 Å². The number of hydrogen-bond acceptors (Lipinski definition) is 3. The number of aromatic nitrogens is 1. The fraction of sp³-hybridized carbons (Fsp3) is 0.267. The summed E-state index contributed by atoms with van der Waals surface area (Å²) in [6.45, 7) is 0.768. The van der Waals surface area contributed by atoms with Crippen molar-refractivity contribution in [3.63, 3.8) is 0 Å². The first-order valence-electron chi connectivity index (χ1n) is 6.37. The van der Waals surface area contributed by atoms with Crippen LogP contribution >= 0.6 is 15.9 Å². The summed E-state index contributed by atoms with van der Waals surface area (Å²) in [5.74, 6) is 0.950. The van der Waals surface area contributed by atoms with E-state index in [9.17, 15) is 0 Å². The molecule has 1 unspecified atom stereocenters. The molecule has 0 spiro atoms. The Labute approximate surface area is 120 Å². The summed E-state index contributed by atoms with van der Waals surface area (Å²) in [5, 5.41) is 0. The van der Waals surface area contributed by atoms with Gasteiger partial charge in [0.25, 0.3) is 0 Å². The van der Waals surface area contributed by atoms with Crippen LogP contribution < -0.4 is 10.5 Å². The van der Waals surface area contributed by atoms with E-state index in [0.717, 1.165) is 40.9 Å². The lowest BCUT2D eigenvalue weighted by Crippen LogP contribution is -2.18. The molecular formula is C15H15BrN2O. The van der Waals surface area contributed by atoms with Gasteiger partial charge in [0.1, 0.15) is 5.75 Å². The van der Waals surface area contributed by atoms with Crippen LogP contribution in [0.3, 0.4) is 0 Å². The Morgan fingerprint density at radius 3 is 2.95 bits per heavy atom. The van der Waals surface area contributed by atoms with Gasteiger partial charge in [0.2, 0.25) is 0 Å². The van der Waals surface area contributed by atoms with Crippen molar-refractivity contribution < 1.29 is 4.74 Å². The molecule has 2 N–H and O–H groups in total. The lowest BCUT2D eigenvalue weighted by molar-refractivity contribution is 0.284. The SMILES string of the molecule is NC(c1ccc(Br)cn1)c1cccc2c1OCCC2. The quantitative estimate of drug-likeness (QED) is 0.924. The Bertz CT molecular complexity index is 583. The summed E-state index contributed by atoms with van der Waals surface area (Å²) in [5.41, 5.74) is 9.45. The monoisotopic (exact) mass is 318 g/mol. The molecule has 4 heteroatoms. The Balaban J connectivity index is 1.99. The number of benzene rings is 1. The van der Waals surface area contributed by atoms with Gasteiger partial charge in [-0.15, -0.1) is 0 Å². The van der Waals surface area contributed by atoms with Crippen molar-refractivity contribution in [1.29, 1.82) is 0 Å². The van der Waals surface area contributed by atoms with Gasteiger partial charge in [0.15, 0.2) is 0 Å². The second-order valence-electron chi connectivity index (χ2n) is 4.67. The van der Waals surface area contributed by atoms with Gasteiger partial charge in [-0.1, -0.05) is 18.2 Å². The molecule has 3 rings (SSSR count). The summed E-state index contributed by atoms with van der Waals surface area (Å²) in [7, 11) is 0. The zero-order chi connectivity index (χ0) is 13.2. The van der Waals surface area contributed by atoms with Crippen molar-refractivity contribution >= 4 is 15.9 Å². The van der Waals surface area contributed by atoms with E-state index in [1.54, 1.807) is 6.20 Å². The third kappa shape index (κ3) is 2.51. The van der Waals surface area contributed by atoms with Crippen LogP contribution in [-0.2, 0) is 6.42 Å². The first-order valence-corrected chi connectivity index (χ1v) is 7.16. The third-order valence-corrected chi connectivity index (χ3v) is 3.84. The van der Waals surface area contributed by atoms with E-state index in [0.29, 0.717) is 0 Å². The number of aryl methyl sites for hydroxylation is 1. The fourth-order valence-corrected chi connectivity index (χ4v) is 2.62. The minimum Gasteiger partial charge on any atom is -0.493 e. The Morgan fingerprint density at radius 1 is 1.26 bits per heavy atom. The number of pyridine rings is 1. The largest absolute Gasteiger partial charge is 0.493 e. The maximum atomic E-state index is 6.33. The number of nitrogens with two attached hydrogens (primary N) is 1. The Kier molecular flexibility index (Phi) is 3.53. The van der Waals surface area contributed by atoms with Gasteiger partial charge in [-0.25, -0.2) is 0 Å². The molecule has 1 atom stereocenters. The summed E-state index contributed by atoms with van der Waals surface area (Å²) < 4.78 is 6.76. The highest BCUT2D eigenvalue weighted by Gasteiger charge is 2.20. The Hall–Kier alpha value is -1.39. The van der Waals surface area contributed by atoms with Crippen molar-refractivity contribution in [3.8, 4) is 5.75 Å². The first-order chi connectivity index (χ1) is 9.25. The summed E-state index contributed by atoms with van der Waals surface area (Å²) >= 11 is 3.38. The summed E-state index contributed by atoms with van der Waals surface area (Å²) in [4.78, 5) is 4.38. The molecule has 1 aromatic carbocycles. The molecule has 1 aliphatic heterocycles. The van der Waals surface area contributed by atoms with Crippen LogP contribution in [0.4, 0.5) is 0 Å². The van der Waals surface area contributed by atoms with Crippen LogP contribution in [0, 0.1) is 0 Å². The fourth-order valence-electron chi connectivity index (χ4n) is 2.39. The predicted molar refractivity (Wildman–Crippen MR) is 78.2 cm³/mol. The lowest BCUT2D eigenvalue weighted by Gasteiger charge is -2.23. The number of nitrogens with zero attached hydrogens (tertiary/aromatic N) is 1. The number of fused-ring (bicyclic) bond motifs is 1. The van der Waals surface area contributed by atoms with Crippen LogP contribution in [-0.4, -0.2) is 11.6 Å². The topological polar surface area (TPSA) is 48.1 Å². The van der Waals surface area contributed by atoms with E-state index in [4.69, 9.17) is 10.5 Å². The predicted octanol–water partition coefficient (Wildman–Crippen LogP) is 3.22. The van der Waals surface area contributed by atoms with E-state index in [1.165, 1.54) is 5.56 Å². The third-order valence-electron chi connectivity index (χ3n) is 3.37. The smallest absolute Gasteiger partial charge is 0.127 e. The van der Waals surface area contributed by atoms with Crippen LogP contribution in [0.15, 0.2) is 41.0 Å². The van der Waals surface area contributed by atoms with E-state index in [-0.39, 0.29) is 6.04 Å². The molecule has 0 radical (unpaired) electrons. The van der Waals surface area contributed by atoms with Crippen molar-refractivity contribution in [3.05, 3.63) is 57.8 Å². The van der Waals surface area contributed by atoms with E-state index in [1.807, 2.05) is 24.3 Å². The molecule has 1 aromatic heterocycles. The Morgan fingerprint density at radius 2 is 2.16 bits per heavy atom. The van der Waals surface area contributed by atoms with Gasteiger partial charge in [0, 0.05) is 16.2 Å². The van der Waals surface area contributed by atoms with Gasteiger partial charge < -0.3 is 10.5 Å². The molecule has 3 nitrogen and oxygen atoms in total. The van der Waals surface area contributed by atoms with Gasteiger partial charge >= 0.3 is 0 Å². The number of hydrogen-bond donors (Lipinski definition) is 1. The van der Waals surface area contributed by atoms with Gasteiger partial charge in [-0.3, -0.25) is 4.98 Å². The molecule has 0 fully saturated rings. The standard InChI is InChI=1S/C15H15BrN2O/c16-11-6-7-13(18-9-11)14(17)12-5-1-3-10-4-2-8-19-15(10)12/h1,3,5-7,9,14H,2,4,8,17H2. The molecule has 2 aromatic rings. The lowest BCUT2D eigenvalue weighted by atomic mass is 9.96. The molecule has 0 saturated carbocycles. The second kappa shape index (κ2) is 5.31. The van der Waals surface area contributed by atoms with Crippen LogP contribution in [0.1, 0.15) is 29.3 Å². The van der Waals surface area contributed by atoms with E-state index in [2.05, 4.69) is 27.0 Å². The maximum absolute atomic E-state index is 6.33. The maximum Gasteiger partial charge on any atom is 0.127 e. The summed E-state index contributed by atoms with van der Waals surface area (Å²) in [6.07, 6.45) is 3.90. The molecular weight excluding hydrogens is 304 g/mol. The molecule has 0 amide bonds. The molecule has 0 bridgehead atoms. The van der Waals surface area contributed by atoms with Crippen LogP contribution in [0.5, 0.6) is 5.75 Å². The van der Waals surface area contributed by atoms with Crippen LogP contribution in [0.25, 0.3) is 0 Å². The second-order valence-corrected chi connectivity index (χ2v) is 5.58. The molecule has 98 valence electrons. The van der Waals surface area contributed by atoms with Crippen molar-refractivity contribution in [2.75, 3.05) is 6.61 Å². The minimum absolute atomic E-state index is 0.249. The molecule has 19 heavy (non-hydrogen) atoms. The molecule has 1 aliphatic rings. The number of para-hydroxylation sites is 1. The average molecular weight is 319 g/mol. The number of ether oxygens (including phenoxy) is 1. The van der Waals surface area contributed by atoms with E-state index < -0.39 is 0 Å². The zero-order valence-corrected chi connectivity index (χ0v) is 12.1. The normalized spacial score (nSPS) is 15.5. The first kappa shape index (κ1) is 12.6. The average Bonchev–Trinajstić information content (AvgIpc) is 2.47. The van der Waals surface area contributed by atoms with Gasteiger partial charge in [-0.05, 0) is 46.5 Å². The highest BCUT2D eigenvalue weighted by molar-refractivity contribution is 9.10. The number of rotatable bonds is 2. The van der Waals surface area contributed by atoms with Gasteiger partial charge in [-0.2, -0.15) is 0 Å². The zero-order valence-electron chi connectivity index (χ0n) is 10.5. The van der Waals surface area contributed by atoms with E-state index >= 15 is 0 Å². The van der Waals surface area contributed by atoms with Crippen molar-refractivity contribution in [2.45, 2.75) is 18.9 Å². The molecule has 0 aliphatic carbocycles. The van der Waals surface area contributed by atoms with Crippen LogP contribution in [0.2, 0.25) is 0 Å². The van der Waals surface area contributed by atoms with Crippen molar-refractivity contribution in [2.24, 2.45) is 5.73 Å². The molecule has 0 saturated heterocycles. The number of halogens is 1. The molecule has 2 heterocycles. The highest BCUT2D eigenvalue weighted by Crippen LogP contribution is 2.34. The minimum atomic E-state index is -0.249. The van der Waals surface area contributed by atoms with Gasteiger partial charge in [0.05, 0.1) is 18.3 Å². The highest BCUT2D eigenvalue weighted by atomic mass is 79.9.